The second-order valence-corrected chi connectivity index (χ2v) is 2.67. The van der Waals surface area contributed by atoms with E-state index in [0.717, 1.165) is 6.42 Å². The van der Waals surface area contributed by atoms with Crippen LogP contribution in [0.4, 0.5) is 0 Å². The van der Waals surface area contributed by atoms with Gasteiger partial charge in [-0.1, -0.05) is 0 Å². The van der Waals surface area contributed by atoms with Crippen LogP contribution in [0.1, 0.15) is 12.8 Å². The number of aliphatic carboxylic acids is 1. The first kappa shape index (κ1) is 7.97. The van der Waals surface area contributed by atoms with Crippen molar-refractivity contribution in [1.82, 2.24) is 5.01 Å². The average Bonchev–Trinajstić information content (AvgIpc) is 2.05. The van der Waals surface area contributed by atoms with Crippen molar-refractivity contribution in [3.8, 4) is 0 Å². The third-order valence-electron chi connectivity index (χ3n) is 1.86. The predicted molar refractivity (Wildman–Crippen MR) is 37.7 cm³/mol. The van der Waals surface area contributed by atoms with E-state index in [9.17, 15) is 9.70 Å². The van der Waals surface area contributed by atoms with Gasteiger partial charge in [-0.25, -0.2) is 0 Å². The topological polar surface area (TPSA) is 70.0 Å². The van der Waals surface area contributed by atoms with Crippen molar-refractivity contribution in [2.45, 2.75) is 12.8 Å². The summed E-state index contributed by atoms with van der Waals surface area (Å²) < 4.78 is 0. The second-order valence-electron chi connectivity index (χ2n) is 2.67. The molecule has 1 fully saturated rings. The summed E-state index contributed by atoms with van der Waals surface area (Å²) >= 11 is 0. The van der Waals surface area contributed by atoms with Gasteiger partial charge in [-0.3, -0.25) is 9.80 Å². The Labute approximate surface area is 63.9 Å². The van der Waals surface area contributed by atoms with Crippen molar-refractivity contribution in [3.63, 3.8) is 0 Å². The van der Waals surface area contributed by atoms with E-state index in [-0.39, 0.29) is 6.54 Å². The molecule has 1 heterocycles. The zero-order valence-electron chi connectivity index (χ0n) is 6.06. The van der Waals surface area contributed by atoms with E-state index in [1.165, 1.54) is 5.01 Å². The fraction of sp³-hybridized carbons (Fsp3) is 0.833. The van der Waals surface area contributed by atoms with Gasteiger partial charge in [-0.2, -0.15) is 0 Å². The van der Waals surface area contributed by atoms with Gasteiger partial charge in [0.1, 0.15) is 0 Å². The summed E-state index contributed by atoms with van der Waals surface area (Å²) in [4.78, 5) is 20.5. The molecule has 0 unspecified atom stereocenters. The monoisotopic (exact) mass is 158 g/mol. The average molecular weight is 158 g/mol. The van der Waals surface area contributed by atoms with Gasteiger partial charge in [0.15, 0.2) is 0 Å². The summed E-state index contributed by atoms with van der Waals surface area (Å²) in [7, 11) is 0. The van der Waals surface area contributed by atoms with Crippen LogP contribution in [0.25, 0.3) is 0 Å². The van der Waals surface area contributed by atoms with Crippen molar-refractivity contribution in [2.75, 3.05) is 13.1 Å². The van der Waals surface area contributed by atoms with Gasteiger partial charge in [0, 0.05) is 6.54 Å². The summed E-state index contributed by atoms with van der Waals surface area (Å²) in [6.07, 6.45) is 1.39. The lowest BCUT2D eigenvalue weighted by molar-refractivity contribution is -0.143. The minimum atomic E-state index is -0.835. The highest BCUT2D eigenvalue weighted by molar-refractivity contribution is 5.70. The highest BCUT2D eigenvalue weighted by atomic mass is 16.4. The summed E-state index contributed by atoms with van der Waals surface area (Å²) in [6, 6.07) is 0. The van der Waals surface area contributed by atoms with Crippen molar-refractivity contribution in [2.24, 2.45) is 11.2 Å². The Hall–Kier alpha value is -1.13. The highest BCUT2D eigenvalue weighted by Gasteiger charge is 2.24. The summed E-state index contributed by atoms with van der Waals surface area (Å²) in [5.74, 6) is -1.25. The van der Waals surface area contributed by atoms with Crippen LogP contribution in [0, 0.1) is 10.8 Å². The Bertz CT molecular complexity index is 171. The van der Waals surface area contributed by atoms with Gasteiger partial charge in [0.2, 0.25) is 0 Å². The fourth-order valence-corrected chi connectivity index (χ4v) is 1.23. The number of rotatable bonds is 2. The molecule has 11 heavy (non-hydrogen) atoms. The molecule has 0 bridgehead atoms. The van der Waals surface area contributed by atoms with E-state index in [1.54, 1.807) is 0 Å². The molecule has 1 aliphatic heterocycles. The third kappa shape index (κ3) is 1.89. The highest BCUT2D eigenvalue weighted by Crippen LogP contribution is 2.16. The van der Waals surface area contributed by atoms with E-state index in [0.29, 0.717) is 13.0 Å². The van der Waals surface area contributed by atoms with Crippen LogP contribution in [-0.4, -0.2) is 29.2 Å². The number of hydrogen-bond donors (Lipinski definition) is 1. The van der Waals surface area contributed by atoms with Crippen LogP contribution in [-0.2, 0) is 4.79 Å². The number of carbonyl (C=O) groups is 1. The van der Waals surface area contributed by atoms with Crippen LogP contribution < -0.4 is 0 Å². The van der Waals surface area contributed by atoms with Crippen LogP contribution in [0.3, 0.4) is 0 Å². The first-order valence-corrected chi connectivity index (χ1v) is 3.55. The molecule has 1 atom stereocenters. The Balaban J connectivity index is 2.45. The molecule has 5 heteroatoms. The van der Waals surface area contributed by atoms with Crippen LogP contribution in [0.2, 0.25) is 0 Å². The molecule has 62 valence electrons. The van der Waals surface area contributed by atoms with Gasteiger partial charge in [0.05, 0.1) is 17.7 Å². The van der Waals surface area contributed by atoms with Crippen LogP contribution >= 0.6 is 0 Å². The Morgan fingerprint density at radius 1 is 1.64 bits per heavy atom. The zero-order valence-corrected chi connectivity index (χ0v) is 6.06. The number of piperidine rings is 1. The molecule has 0 spiro atoms. The SMILES string of the molecule is O=NN1CCC[C@H](C(=O)O)C1. The first-order chi connectivity index (χ1) is 5.24. The number of hydrogen-bond acceptors (Lipinski definition) is 3. The Kier molecular flexibility index (Phi) is 2.40. The van der Waals surface area contributed by atoms with E-state index in [4.69, 9.17) is 5.11 Å². The normalized spacial score (nSPS) is 24.7. The minimum Gasteiger partial charge on any atom is -0.481 e. The molecule has 1 N–H and O–H groups in total. The smallest absolute Gasteiger partial charge is 0.308 e. The van der Waals surface area contributed by atoms with E-state index < -0.39 is 11.9 Å². The molecule has 5 nitrogen and oxygen atoms in total. The maximum atomic E-state index is 10.4. The van der Waals surface area contributed by atoms with Crippen LogP contribution in [0.15, 0.2) is 5.29 Å². The number of nitroso groups, excluding NO2 is 1. The maximum absolute atomic E-state index is 10.4. The Morgan fingerprint density at radius 2 is 2.36 bits per heavy atom. The molecular formula is C6H10N2O3. The maximum Gasteiger partial charge on any atom is 0.308 e. The number of nitrogens with zero attached hydrogens (tertiary/aromatic N) is 2. The standard InChI is InChI=1S/C6H10N2O3/c9-6(10)5-2-1-3-8(4-5)7-11/h5H,1-4H2,(H,9,10)/t5-/m0/s1. The molecule has 1 saturated heterocycles. The quantitative estimate of drug-likeness (QED) is 0.593. The van der Waals surface area contributed by atoms with Gasteiger partial charge in [-0.15, -0.1) is 4.91 Å². The lowest BCUT2D eigenvalue weighted by Gasteiger charge is -2.25. The molecule has 1 aliphatic rings. The number of carboxylic acids is 1. The number of carboxylic acid groups (broad SMARTS) is 1. The molecule has 0 aromatic heterocycles. The van der Waals surface area contributed by atoms with Crippen molar-refractivity contribution < 1.29 is 9.90 Å². The molecule has 0 aromatic carbocycles. The Morgan fingerprint density at radius 3 is 2.91 bits per heavy atom. The van der Waals surface area contributed by atoms with Gasteiger partial charge >= 0.3 is 5.97 Å². The van der Waals surface area contributed by atoms with Gasteiger partial charge in [-0.05, 0) is 12.8 Å². The zero-order chi connectivity index (χ0) is 8.27. The fourth-order valence-electron chi connectivity index (χ4n) is 1.23. The summed E-state index contributed by atoms with van der Waals surface area (Å²) in [5, 5.41) is 12.5. The molecule has 0 aromatic rings. The third-order valence-corrected chi connectivity index (χ3v) is 1.86. The van der Waals surface area contributed by atoms with E-state index in [2.05, 4.69) is 5.29 Å². The largest absolute Gasteiger partial charge is 0.481 e. The van der Waals surface area contributed by atoms with Crippen molar-refractivity contribution >= 4 is 5.97 Å². The first-order valence-electron chi connectivity index (χ1n) is 3.55. The van der Waals surface area contributed by atoms with Gasteiger partial charge < -0.3 is 5.11 Å². The molecule has 0 saturated carbocycles. The molecular weight excluding hydrogens is 148 g/mol. The summed E-state index contributed by atoms with van der Waals surface area (Å²) in [5.41, 5.74) is 0. The minimum absolute atomic E-state index is 0.263. The lowest BCUT2D eigenvalue weighted by Crippen LogP contribution is -2.35. The molecule has 1 rings (SSSR count). The molecule has 0 aliphatic carbocycles. The summed E-state index contributed by atoms with van der Waals surface area (Å²) in [6.45, 7) is 0.853. The van der Waals surface area contributed by atoms with Crippen LogP contribution in [0.5, 0.6) is 0 Å². The van der Waals surface area contributed by atoms with E-state index in [1.807, 2.05) is 0 Å². The van der Waals surface area contributed by atoms with Crippen molar-refractivity contribution in [1.29, 1.82) is 0 Å². The lowest BCUT2D eigenvalue weighted by atomic mass is 10.00. The second kappa shape index (κ2) is 3.32. The van der Waals surface area contributed by atoms with Gasteiger partial charge in [0.25, 0.3) is 0 Å². The van der Waals surface area contributed by atoms with E-state index >= 15 is 0 Å². The molecule has 0 amide bonds. The molecule has 0 radical (unpaired) electrons. The predicted octanol–water partition coefficient (Wildman–Crippen LogP) is 0.464. The van der Waals surface area contributed by atoms with Crippen molar-refractivity contribution in [3.05, 3.63) is 4.91 Å².